The Labute approximate surface area is 291 Å². The molecule has 2 aromatic heterocycles. The Hall–Kier alpha value is -1.30. The molecule has 0 aliphatic carbocycles. The molecule has 0 radical (unpaired) electrons. The monoisotopic (exact) mass is 710 g/mol. The number of rotatable bonds is 2. The van der Waals surface area contributed by atoms with Crippen LogP contribution in [0, 0.1) is 0 Å². The van der Waals surface area contributed by atoms with E-state index in [1.165, 1.54) is 57.1 Å². The Kier molecular flexibility index (Phi) is 12.0. The van der Waals surface area contributed by atoms with Gasteiger partial charge in [0.05, 0.1) is 49.3 Å². The van der Waals surface area contributed by atoms with Crippen LogP contribution in [0.4, 0.5) is 0 Å². The minimum atomic E-state index is 0. The Morgan fingerprint density at radius 2 is 1.02 bits per heavy atom. The number of piperazine rings is 2. The number of benzene rings is 2. The summed E-state index contributed by atoms with van der Waals surface area (Å²) in [6.45, 7) is 11.2. The largest absolute Gasteiger partial charge is 1.00 e. The molecule has 2 atom stereocenters. The van der Waals surface area contributed by atoms with Crippen LogP contribution in [0.15, 0.2) is 92.9 Å². The third-order valence-corrected chi connectivity index (χ3v) is 11.7. The number of aromatic nitrogens is 2. The lowest BCUT2D eigenvalue weighted by atomic mass is 10.0. The van der Waals surface area contributed by atoms with Gasteiger partial charge in [-0.1, -0.05) is 46.7 Å². The molecular weight excluding hydrogens is 674 g/mol. The molecule has 12 heteroatoms. The number of halogens is 4. The molecular formula is C32H38Cl4N6S2. The van der Waals surface area contributed by atoms with Crippen LogP contribution in [0.1, 0.15) is 23.2 Å². The summed E-state index contributed by atoms with van der Waals surface area (Å²) in [5, 5.41) is 11.3. The molecule has 2 saturated heterocycles. The van der Waals surface area contributed by atoms with Crippen molar-refractivity contribution >= 4 is 46.7 Å². The van der Waals surface area contributed by atoms with Gasteiger partial charge in [0.1, 0.15) is 12.1 Å². The SMILES string of the molecule is Clc1ccc2c(c1)[C@H]([NH+]1CCNCC1)Cn1cccc1S2.Clc1ccc2c(c1)[C@H]([NH+]1CCNCC1)Cn1cccc1S2.[Cl-].[Cl-]. The van der Waals surface area contributed by atoms with E-state index in [0.29, 0.717) is 12.1 Å². The molecule has 6 nitrogen and oxygen atoms in total. The highest BCUT2D eigenvalue weighted by atomic mass is 35.5. The van der Waals surface area contributed by atoms with E-state index in [1.807, 2.05) is 35.7 Å². The fourth-order valence-corrected chi connectivity index (χ4v) is 9.28. The number of quaternary nitrogens is 2. The van der Waals surface area contributed by atoms with Gasteiger partial charge < -0.3 is 54.4 Å². The van der Waals surface area contributed by atoms with Crippen molar-refractivity contribution in [2.75, 3.05) is 52.4 Å². The molecule has 0 bridgehead atoms. The predicted octanol–water partition coefficient (Wildman–Crippen LogP) is -2.32. The van der Waals surface area contributed by atoms with Gasteiger partial charge in [-0.3, -0.25) is 0 Å². The number of hydrogen-bond donors (Lipinski definition) is 4. The first kappa shape index (κ1) is 34.0. The topological polar surface area (TPSA) is 42.8 Å². The van der Waals surface area contributed by atoms with Crippen molar-refractivity contribution < 1.29 is 34.6 Å². The summed E-state index contributed by atoms with van der Waals surface area (Å²) in [5.41, 5.74) is 2.82. The molecule has 0 amide bonds. The fraction of sp³-hybridized carbons (Fsp3) is 0.375. The molecule has 8 rings (SSSR count). The Balaban J connectivity index is 0.000000167. The second-order valence-electron chi connectivity index (χ2n) is 11.5. The second kappa shape index (κ2) is 15.5. The lowest BCUT2D eigenvalue weighted by molar-refractivity contribution is -0.934. The maximum atomic E-state index is 6.28. The molecule has 0 saturated carbocycles. The summed E-state index contributed by atoms with van der Waals surface area (Å²) >= 11 is 16.3. The van der Waals surface area contributed by atoms with Crippen LogP contribution in [-0.4, -0.2) is 61.5 Å². The first-order valence-electron chi connectivity index (χ1n) is 15.0. The van der Waals surface area contributed by atoms with Crippen molar-refractivity contribution in [1.29, 1.82) is 0 Å². The second-order valence-corrected chi connectivity index (χ2v) is 14.5. The molecule has 2 fully saturated rings. The van der Waals surface area contributed by atoms with Gasteiger partial charge in [0, 0.05) is 69.5 Å². The highest BCUT2D eigenvalue weighted by Gasteiger charge is 2.33. The van der Waals surface area contributed by atoms with Gasteiger partial charge in [0.25, 0.3) is 0 Å². The van der Waals surface area contributed by atoms with Gasteiger partial charge in [-0.2, -0.15) is 0 Å². The molecule has 6 heterocycles. The molecule has 0 spiro atoms. The maximum Gasteiger partial charge on any atom is 0.132 e. The van der Waals surface area contributed by atoms with Gasteiger partial charge in [0.2, 0.25) is 0 Å². The third kappa shape index (κ3) is 7.46. The molecule has 2 aromatic carbocycles. The van der Waals surface area contributed by atoms with Crippen molar-refractivity contribution in [2.45, 2.75) is 45.0 Å². The van der Waals surface area contributed by atoms with Crippen LogP contribution in [-0.2, 0) is 13.1 Å². The fourth-order valence-electron chi connectivity index (χ4n) is 6.76. The minimum Gasteiger partial charge on any atom is -1.00 e. The highest BCUT2D eigenvalue weighted by molar-refractivity contribution is 7.99. The van der Waals surface area contributed by atoms with Crippen LogP contribution >= 0.6 is 46.7 Å². The summed E-state index contributed by atoms with van der Waals surface area (Å²) in [6.07, 6.45) is 4.40. The van der Waals surface area contributed by atoms with Crippen LogP contribution in [0.2, 0.25) is 10.0 Å². The predicted molar refractivity (Wildman–Crippen MR) is 173 cm³/mol. The van der Waals surface area contributed by atoms with E-state index in [2.05, 4.69) is 80.7 Å². The summed E-state index contributed by atoms with van der Waals surface area (Å²) in [5.74, 6) is 0. The Bertz CT molecular complexity index is 1420. The summed E-state index contributed by atoms with van der Waals surface area (Å²) < 4.78 is 4.77. The number of hydrogen-bond acceptors (Lipinski definition) is 4. The zero-order valence-corrected chi connectivity index (χ0v) is 29.0. The maximum absolute atomic E-state index is 6.28. The van der Waals surface area contributed by atoms with E-state index < -0.39 is 0 Å². The zero-order chi connectivity index (χ0) is 28.5. The average Bonchev–Trinajstić information content (AvgIpc) is 3.59. The quantitative estimate of drug-likeness (QED) is 0.189. The minimum absolute atomic E-state index is 0. The van der Waals surface area contributed by atoms with E-state index in [9.17, 15) is 0 Å². The zero-order valence-electron chi connectivity index (χ0n) is 24.4. The molecule has 4 aliphatic rings. The average molecular weight is 713 g/mol. The van der Waals surface area contributed by atoms with Crippen LogP contribution < -0.4 is 45.2 Å². The highest BCUT2D eigenvalue weighted by Crippen LogP contribution is 2.39. The van der Waals surface area contributed by atoms with Gasteiger partial charge in [-0.15, -0.1) is 0 Å². The lowest BCUT2D eigenvalue weighted by Crippen LogP contribution is -3.15. The number of nitrogens with one attached hydrogen (secondary N) is 4. The van der Waals surface area contributed by atoms with Gasteiger partial charge in [0.15, 0.2) is 0 Å². The number of fused-ring (bicyclic) bond motifs is 4. The van der Waals surface area contributed by atoms with E-state index >= 15 is 0 Å². The van der Waals surface area contributed by atoms with E-state index in [-0.39, 0.29) is 24.8 Å². The van der Waals surface area contributed by atoms with Gasteiger partial charge in [-0.25, -0.2) is 0 Å². The van der Waals surface area contributed by atoms with Crippen molar-refractivity contribution in [2.24, 2.45) is 0 Å². The lowest BCUT2D eigenvalue weighted by Gasteiger charge is -2.32. The molecule has 4 aliphatic heterocycles. The van der Waals surface area contributed by atoms with Gasteiger partial charge >= 0.3 is 0 Å². The molecule has 44 heavy (non-hydrogen) atoms. The van der Waals surface area contributed by atoms with Crippen molar-refractivity contribution in [1.82, 2.24) is 19.8 Å². The molecule has 4 N–H and O–H groups in total. The normalized spacial score (nSPS) is 21.4. The molecule has 4 aromatic rings. The molecule has 0 unspecified atom stereocenters. The third-order valence-electron chi connectivity index (χ3n) is 8.94. The summed E-state index contributed by atoms with van der Waals surface area (Å²) in [4.78, 5) is 6.04. The standard InChI is InChI=1S/2C16H18ClN3S.2ClH/c2*17-12-3-4-15-13(10-12)14(19-8-5-18-6-9-19)11-20-7-1-2-16(20)21-15;;/h2*1-4,7,10,14,18H,5-6,8-9,11H2;2*1H/t2*14-;;/m11../s1. The van der Waals surface area contributed by atoms with Crippen molar-refractivity contribution in [3.8, 4) is 0 Å². The Morgan fingerprint density at radius 3 is 1.43 bits per heavy atom. The van der Waals surface area contributed by atoms with Crippen LogP contribution in [0.5, 0.6) is 0 Å². The van der Waals surface area contributed by atoms with E-state index in [4.69, 9.17) is 23.2 Å². The number of nitrogens with zero attached hydrogens (tertiary/aromatic N) is 2. The van der Waals surface area contributed by atoms with Crippen LogP contribution in [0.25, 0.3) is 0 Å². The van der Waals surface area contributed by atoms with Crippen molar-refractivity contribution in [3.63, 3.8) is 0 Å². The van der Waals surface area contributed by atoms with Crippen LogP contribution in [0.3, 0.4) is 0 Å². The smallest absolute Gasteiger partial charge is 0.132 e. The van der Waals surface area contributed by atoms with Crippen molar-refractivity contribution in [3.05, 3.63) is 94.2 Å². The molecule has 236 valence electrons. The van der Waals surface area contributed by atoms with E-state index in [1.54, 1.807) is 9.80 Å². The summed E-state index contributed by atoms with van der Waals surface area (Å²) in [7, 11) is 0. The van der Waals surface area contributed by atoms with E-state index in [0.717, 1.165) is 49.3 Å². The first-order chi connectivity index (χ1) is 20.6. The first-order valence-corrected chi connectivity index (χ1v) is 17.4. The van der Waals surface area contributed by atoms with Gasteiger partial charge in [-0.05, 0) is 60.7 Å². The Morgan fingerprint density at radius 1 is 0.614 bits per heavy atom. The summed E-state index contributed by atoms with van der Waals surface area (Å²) in [6, 6.07) is 22.4.